The minimum atomic E-state index is -0.248. The largest absolute Gasteiger partial charge is 0.357 e. The highest BCUT2D eigenvalue weighted by atomic mass is 16.2. The number of amides is 1. The van der Waals surface area contributed by atoms with Crippen LogP contribution in [0.4, 0.5) is 0 Å². The van der Waals surface area contributed by atoms with Gasteiger partial charge in [-0.05, 0) is 12.1 Å². The van der Waals surface area contributed by atoms with E-state index in [1.165, 1.54) is 0 Å². The van der Waals surface area contributed by atoms with Gasteiger partial charge in [-0.2, -0.15) is 0 Å². The van der Waals surface area contributed by atoms with Gasteiger partial charge >= 0.3 is 0 Å². The maximum Gasteiger partial charge on any atom is 0.244 e. The van der Waals surface area contributed by atoms with Gasteiger partial charge in [0, 0.05) is 38.3 Å². The maximum absolute atomic E-state index is 12.2. The molecule has 1 aromatic carbocycles. The molecule has 0 radical (unpaired) electrons. The summed E-state index contributed by atoms with van der Waals surface area (Å²) in [7, 11) is 1.67. The van der Waals surface area contributed by atoms with E-state index in [2.05, 4.69) is 33.4 Å². The van der Waals surface area contributed by atoms with Gasteiger partial charge in [0.2, 0.25) is 5.91 Å². The Morgan fingerprint density at radius 3 is 3.04 bits per heavy atom. The number of para-hydroxylation sites is 1. The van der Waals surface area contributed by atoms with Crippen molar-refractivity contribution in [2.75, 3.05) is 13.6 Å². The second-order valence-electron chi connectivity index (χ2n) is 6.09. The van der Waals surface area contributed by atoms with Gasteiger partial charge in [0.25, 0.3) is 0 Å². The third-order valence-corrected chi connectivity index (χ3v) is 4.49. The van der Waals surface area contributed by atoms with Crippen LogP contribution in [0.1, 0.15) is 17.4 Å². The predicted octanol–water partition coefficient (Wildman–Crippen LogP) is 1.73. The summed E-state index contributed by atoms with van der Waals surface area (Å²) in [6.45, 7) is 2.13. The Morgan fingerprint density at radius 2 is 2.17 bits per heavy atom. The highest BCUT2D eigenvalue weighted by Gasteiger charge is 2.29. The first-order valence-corrected chi connectivity index (χ1v) is 8.04. The van der Waals surface area contributed by atoms with Crippen molar-refractivity contribution < 1.29 is 4.79 Å². The number of nitrogens with one attached hydrogen (secondary N) is 1. The van der Waals surface area contributed by atoms with Crippen molar-refractivity contribution in [1.82, 2.24) is 24.8 Å². The fourth-order valence-corrected chi connectivity index (χ4v) is 3.28. The minimum Gasteiger partial charge on any atom is -0.357 e. The summed E-state index contributed by atoms with van der Waals surface area (Å²) in [5.41, 5.74) is 3.06. The molecule has 0 aliphatic carbocycles. The molecule has 24 heavy (non-hydrogen) atoms. The van der Waals surface area contributed by atoms with Crippen LogP contribution in [0.2, 0.25) is 0 Å². The molecule has 0 bridgehead atoms. The van der Waals surface area contributed by atoms with Gasteiger partial charge in [-0.1, -0.05) is 24.3 Å². The van der Waals surface area contributed by atoms with Crippen LogP contribution in [0.5, 0.6) is 0 Å². The lowest BCUT2D eigenvalue weighted by atomic mass is 10.1. The first kappa shape index (κ1) is 14.8. The van der Waals surface area contributed by atoms with E-state index in [0.29, 0.717) is 13.1 Å². The van der Waals surface area contributed by atoms with Gasteiger partial charge in [-0.3, -0.25) is 14.7 Å². The molecule has 122 valence electrons. The van der Waals surface area contributed by atoms with Crippen LogP contribution in [0.15, 0.2) is 48.9 Å². The standard InChI is InChI=1S/C18H19N5O/c1-19-18(24)17-11-22(10-15-8-20-12-23(15)17)9-14-7-6-13-4-2-3-5-16(13)21-14/h2-8,12,17H,9-11H2,1H3,(H,19,24)/t17-/m0/s1. The van der Waals surface area contributed by atoms with Crippen LogP contribution in [-0.2, 0) is 17.9 Å². The Kier molecular flexibility index (Phi) is 3.74. The van der Waals surface area contributed by atoms with Gasteiger partial charge < -0.3 is 9.88 Å². The summed E-state index contributed by atoms with van der Waals surface area (Å²) in [5, 5.41) is 3.88. The molecule has 1 N–H and O–H groups in total. The van der Waals surface area contributed by atoms with E-state index in [9.17, 15) is 4.79 Å². The van der Waals surface area contributed by atoms with E-state index in [1.54, 1.807) is 13.4 Å². The number of pyridine rings is 1. The van der Waals surface area contributed by atoms with Crippen molar-refractivity contribution in [1.29, 1.82) is 0 Å². The summed E-state index contributed by atoms with van der Waals surface area (Å²) in [5.74, 6) is 0.00502. The monoisotopic (exact) mass is 321 g/mol. The number of likely N-dealkylation sites (N-methyl/N-ethyl adjacent to an activating group) is 1. The van der Waals surface area contributed by atoms with Crippen LogP contribution in [0.25, 0.3) is 10.9 Å². The summed E-state index contributed by atoms with van der Waals surface area (Å²) >= 11 is 0. The molecule has 0 saturated carbocycles. The third-order valence-electron chi connectivity index (χ3n) is 4.49. The minimum absolute atomic E-state index is 0.00502. The Morgan fingerprint density at radius 1 is 1.29 bits per heavy atom. The van der Waals surface area contributed by atoms with E-state index < -0.39 is 0 Å². The van der Waals surface area contributed by atoms with Crippen molar-refractivity contribution in [3.05, 3.63) is 60.3 Å². The number of imidazole rings is 1. The summed E-state index contributed by atoms with van der Waals surface area (Å²) < 4.78 is 1.96. The molecule has 1 aliphatic heterocycles. The van der Waals surface area contributed by atoms with E-state index in [-0.39, 0.29) is 11.9 Å². The molecule has 3 aromatic rings. The first-order chi connectivity index (χ1) is 11.7. The van der Waals surface area contributed by atoms with Crippen LogP contribution in [-0.4, -0.2) is 38.9 Å². The molecule has 0 fully saturated rings. The highest BCUT2D eigenvalue weighted by Crippen LogP contribution is 2.23. The van der Waals surface area contributed by atoms with Gasteiger partial charge in [-0.15, -0.1) is 0 Å². The second-order valence-corrected chi connectivity index (χ2v) is 6.09. The molecule has 1 amide bonds. The van der Waals surface area contributed by atoms with Crippen molar-refractivity contribution >= 4 is 16.8 Å². The van der Waals surface area contributed by atoms with Crippen LogP contribution < -0.4 is 5.32 Å². The van der Waals surface area contributed by atoms with Gasteiger partial charge in [-0.25, -0.2) is 4.98 Å². The van der Waals surface area contributed by atoms with E-state index in [1.807, 2.05) is 29.0 Å². The molecular weight excluding hydrogens is 302 g/mol. The molecule has 6 nitrogen and oxygen atoms in total. The highest BCUT2D eigenvalue weighted by molar-refractivity contribution is 5.80. The fraction of sp³-hybridized carbons (Fsp3) is 0.278. The summed E-state index contributed by atoms with van der Waals surface area (Å²) in [6.07, 6.45) is 3.57. The third kappa shape index (κ3) is 2.65. The number of hydrogen-bond acceptors (Lipinski definition) is 4. The second kappa shape index (κ2) is 6.05. The summed E-state index contributed by atoms with van der Waals surface area (Å²) in [6, 6.07) is 12.0. The van der Waals surface area contributed by atoms with Crippen molar-refractivity contribution in [3.8, 4) is 0 Å². The summed E-state index contributed by atoms with van der Waals surface area (Å²) in [4.78, 5) is 23.4. The maximum atomic E-state index is 12.2. The predicted molar refractivity (Wildman–Crippen MR) is 91.2 cm³/mol. The molecule has 1 aliphatic rings. The smallest absolute Gasteiger partial charge is 0.244 e. The Labute approximate surface area is 140 Å². The first-order valence-electron chi connectivity index (χ1n) is 8.04. The number of carbonyl (C=O) groups is 1. The number of fused-ring (bicyclic) bond motifs is 2. The fourth-order valence-electron chi connectivity index (χ4n) is 3.28. The molecule has 0 spiro atoms. The zero-order valence-electron chi connectivity index (χ0n) is 13.5. The Hall–Kier alpha value is -2.73. The molecule has 4 rings (SSSR count). The lowest BCUT2D eigenvalue weighted by Crippen LogP contribution is -2.43. The molecule has 6 heteroatoms. The molecule has 1 atom stereocenters. The zero-order valence-corrected chi connectivity index (χ0v) is 13.5. The van der Waals surface area contributed by atoms with Crippen molar-refractivity contribution in [2.24, 2.45) is 0 Å². The lowest BCUT2D eigenvalue weighted by Gasteiger charge is -2.33. The number of rotatable bonds is 3. The average Bonchev–Trinajstić information content (AvgIpc) is 3.08. The van der Waals surface area contributed by atoms with Gasteiger partial charge in [0.15, 0.2) is 0 Å². The topological polar surface area (TPSA) is 63.1 Å². The lowest BCUT2D eigenvalue weighted by molar-refractivity contribution is -0.125. The zero-order chi connectivity index (χ0) is 16.5. The van der Waals surface area contributed by atoms with Crippen molar-refractivity contribution in [3.63, 3.8) is 0 Å². The quantitative estimate of drug-likeness (QED) is 0.798. The number of nitrogens with zero attached hydrogens (tertiary/aromatic N) is 4. The molecule has 0 unspecified atom stereocenters. The SMILES string of the molecule is CNC(=O)[C@@H]1CN(Cc2ccc3ccccc3n2)Cc2cncn21. The van der Waals surface area contributed by atoms with Crippen molar-refractivity contribution in [2.45, 2.75) is 19.1 Å². The Balaban J connectivity index is 1.59. The Bertz CT molecular complexity index is 888. The van der Waals surface area contributed by atoms with Crippen LogP contribution in [0, 0.1) is 0 Å². The molecule has 0 saturated heterocycles. The number of carbonyl (C=O) groups excluding carboxylic acids is 1. The van der Waals surface area contributed by atoms with Crippen LogP contribution in [0.3, 0.4) is 0 Å². The van der Waals surface area contributed by atoms with Gasteiger partial charge in [0.1, 0.15) is 6.04 Å². The van der Waals surface area contributed by atoms with E-state index in [4.69, 9.17) is 4.98 Å². The number of benzene rings is 1. The molecule has 2 aromatic heterocycles. The average molecular weight is 321 g/mol. The number of aromatic nitrogens is 3. The van der Waals surface area contributed by atoms with E-state index >= 15 is 0 Å². The normalized spacial score (nSPS) is 17.6. The molecule has 3 heterocycles. The van der Waals surface area contributed by atoms with Crippen LogP contribution >= 0.6 is 0 Å². The number of hydrogen-bond donors (Lipinski definition) is 1. The molecular formula is C18H19N5O. The van der Waals surface area contributed by atoms with Gasteiger partial charge in [0.05, 0.1) is 23.2 Å². The van der Waals surface area contributed by atoms with E-state index in [0.717, 1.165) is 28.8 Å².